The molecule has 0 spiro atoms. The van der Waals surface area contributed by atoms with Gasteiger partial charge in [0.1, 0.15) is 22.8 Å². The molecule has 1 atom stereocenters. The molecule has 0 saturated carbocycles. The van der Waals surface area contributed by atoms with E-state index >= 15 is 0 Å². The van der Waals surface area contributed by atoms with Crippen molar-refractivity contribution < 1.29 is 18.5 Å². The zero-order valence-corrected chi connectivity index (χ0v) is 15.2. The summed E-state index contributed by atoms with van der Waals surface area (Å²) in [6, 6.07) is 7.45. The summed E-state index contributed by atoms with van der Waals surface area (Å²) in [7, 11) is 1.61. The van der Waals surface area contributed by atoms with Crippen LogP contribution in [0.1, 0.15) is 52.9 Å². The maximum Gasteiger partial charge on any atom is 0.290 e. The molecular weight excluding hydrogens is 332 g/mol. The number of benzene rings is 1. The number of aromatic nitrogens is 1. The first-order valence-corrected chi connectivity index (χ1v) is 8.90. The summed E-state index contributed by atoms with van der Waals surface area (Å²) in [5.74, 6) is 1.76. The van der Waals surface area contributed by atoms with Gasteiger partial charge in [0.15, 0.2) is 5.76 Å². The van der Waals surface area contributed by atoms with Crippen molar-refractivity contribution in [1.82, 2.24) is 10.1 Å². The molecule has 1 aliphatic rings. The standard InChI is InChI=1S/C20H22N2O4/c1-12-10-16(21-26-12)17-6-4-5-9-22(17)20(23)19-13(2)15-8-7-14(24-3)11-18(15)25-19/h7-8,10-11,17H,4-6,9H2,1-3H3/t17-/m0/s1. The summed E-state index contributed by atoms with van der Waals surface area (Å²) in [5.41, 5.74) is 2.33. The van der Waals surface area contributed by atoms with E-state index in [0.29, 0.717) is 23.6 Å². The minimum absolute atomic E-state index is 0.0733. The van der Waals surface area contributed by atoms with E-state index < -0.39 is 0 Å². The Balaban J connectivity index is 1.71. The van der Waals surface area contributed by atoms with Gasteiger partial charge in [-0.05, 0) is 45.2 Å². The number of furan rings is 1. The zero-order chi connectivity index (χ0) is 18.3. The lowest BCUT2D eigenvalue weighted by Gasteiger charge is -2.34. The van der Waals surface area contributed by atoms with E-state index in [9.17, 15) is 4.79 Å². The Labute approximate surface area is 151 Å². The fourth-order valence-electron chi connectivity index (χ4n) is 3.69. The highest BCUT2D eigenvalue weighted by atomic mass is 16.5. The van der Waals surface area contributed by atoms with E-state index in [1.165, 1.54) is 0 Å². The highest BCUT2D eigenvalue weighted by Crippen LogP contribution is 2.35. The summed E-state index contributed by atoms with van der Waals surface area (Å²) in [5, 5.41) is 5.07. The molecule has 1 aromatic carbocycles. The van der Waals surface area contributed by atoms with Crippen LogP contribution >= 0.6 is 0 Å². The number of piperidine rings is 1. The average Bonchev–Trinajstić information content (AvgIpc) is 3.24. The summed E-state index contributed by atoms with van der Waals surface area (Å²) < 4.78 is 16.4. The number of carbonyl (C=O) groups excluding carboxylic acids is 1. The zero-order valence-electron chi connectivity index (χ0n) is 15.2. The van der Waals surface area contributed by atoms with Gasteiger partial charge >= 0.3 is 0 Å². The molecular formula is C20H22N2O4. The van der Waals surface area contributed by atoms with Crippen LogP contribution in [0.5, 0.6) is 5.75 Å². The summed E-state index contributed by atoms with van der Waals surface area (Å²) in [6.45, 7) is 4.47. The number of carbonyl (C=O) groups is 1. The molecule has 0 unspecified atom stereocenters. The highest BCUT2D eigenvalue weighted by Gasteiger charge is 2.33. The van der Waals surface area contributed by atoms with Gasteiger partial charge in [-0.2, -0.15) is 0 Å². The number of fused-ring (bicyclic) bond motifs is 1. The Morgan fingerprint density at radius 3 is 2.85 bits per heavy atom. The number of methoxy groups -OCH3 is 1. The molecule has 0 bridgehead atoms. The van der Waals surface area contributed by atoms with Crippen LogP contribution in [0.4, 0.5) is 0 Å². The van der Waals surface area contributed by atoms with Gasteiger partial charge in [-0.25, -0.2) is 0 Å². The second kappa shape index (κ2) is 6.52. The van der Waals surface area contributed by atoms with Crippen molar-refractivity contribution in [2.75, 3.05) is 13.7 Å². The molecule has 6 heteroatoms. The Morgan fingerprint density at radius 1 is 1.27 bits per heavy atom. The van der Waals surface area contributed by atoms with E-state index in [2.05, 4.69) is 5.16 Å². The van der Waals surface area contributed by atoms with Crippen LogP contribution in [0.15, 0.2) is 33.2 Å². The summed E-state index contributed by atoms with van der Waals surface area (Å²) in [6.07, 6.45) is 2.92. The fourth-order valence-corrected chi connectivity index (χ4v) is 3.69. The number of ether oxygens (including phenoxy) is 1. The number of nitrogens with zero attached hydrogens (tertiary/aromatic N) is 2. The SMILES string of the molecule is COc1ccc2c(C)c(C(=O)N3CCCC[C@H]3c3cc(C)on3)oc2c1. The van der Waals surface area contributed by atoms with Gasteiger partial charge in [0.05, 0.1) is 13.2 Å². The lowest BCUT2D eigenvalue weighted by atomic mass is 9.98. The van der Waals surface area contributed by atoms with Crippen LogP contribution in [-0.4, -0.2) is 29.6 Å². The molecule has 3 aromatic rings. The number of hydrogen-bond acceptors (Lipinski definition) is 5. The first-order chi connectivity index (χ1) is 12.6. The van der Waals surface area contributed by atoms with Gasteiger partial charge in [-0.3, -0.25) is 4.79 Å². The molecule has 1 aliphatic heterocycles. The average molecular weight is 354 g/mol. The molecule has 136 valence electrons. The third-order valence-corrected chi connectivity index (χ3v) is 5.09. The molecule has 0 aliphatic carbocycles. The molecule has 0 N–H and O–H groups in total. The molecule has 4 rings (SSSR count). The Hall–Kier alpha value is -2.76. The number of rotatable bonds is 3. The maximum absolute atomic E-state index is 13.3. The fraction of sp³-hybridized carbons (Fsp3) is 0.400. The predicted octanol–water partition coefficient (Wildman–Crippen LogP) is 4.41. The van der Waals surface area contributed by atoms with E-state index in [-0.39, 0.29) is 11.9 Å². The van der Waals surface area contributed by atoms with Crippen molar-refractivity contribution in [3.05, 3.63) is 47.0 Å². The van der Waals surface area contributed by atoms with Crippen LogP contribution in [0.2, 0.25) is 0 Å². The number of amides is 1. The van der Waals surface area contributed by atoms with Crippen molar-refractivity contribution in [2.24, 2.45) is 0 Å². The Kier molecular flexibility index (Phi) is 4.18. The number of hydrogen-bond donors (Lipinski definition) is 0. The Bertz CT molecular complexity index is 956. The first kappa shape index (κ1) is 16.7. The maximum atomic E-state index is 13.3. The third kappa shape index (κ3) is 2.75. The van der Waals surface area contributed by atoms with Gasteiger partial charge in [0, 0.05) is 29.6 Å². The Morgan fingerprint density at radius 2 is 2.12 bits per heavy atom. The molecule has 26 heavy (non-hydrogen) atoms. The molecule has 1 saturated heterocycles. The summed E-state index contributed by atoms with van der Waals surface area (Å²) >= 11 is 0. The minimum Gasteiger partial charge on any atom is -0.497 e. The van der Waals surface area contributed by atoms with Crippen molar-refractivity contribution in [3.8, 4) is 5.75 Å². The monoisotopic (exact) mass is 354 g/mol. The van der Waals surface area contributed by atoms with Gasteiger partial charge in [-0.15, -0.1) is 0 Å². The van der Waals surface area contributed by atoms with Crippen LogP contribution < -0.4 is 4.74 Å². The first-order valence-electron chi connectivity index (χ1n) is 8.90. The molecule has 2 aromatic heterocycles. The highest BCUT2D eigenvalue weighted by molar-refractivity contribution is 5.99. The quantitative estimate of drug-likeness (QED) is 0.697. The van der Waals surface area contributed by atoms with Crippen molar-refractivity contribution in [1.29, 1.82) is 0 Å². The van der Waals surface area contributed by atoms with Gasteiger partial charge in [0.25, 0.3) is 5.91 Å². The lowest BCUT2D eigenvalue weighted by molar-refractivity contribution is 0.0570. The smallest absolute Gasteiger partial charge is 0.290 e. The molecule has 3 heterocycles. The summed E-state index contributed by atoms with van der Waals surface area (Å²) in [4.78, 5) is 15.1. The van der Waals surface area contributed by atoms with Crippen LogP contribution in [0.3, 0.4) is 0 Å². The van der Waals surface area contributed by atoms with Crippen molar-refractivity contribution in [3.63, 3.8) is 0 Å². The minimum atomic E-state index is -0.0944. The van der Waals surface area contributed by atoms with Crippen LogP contribution in [0.25, 0.3) is 11.0 Å². The molecule has 1 amide bonds. The molecule has 1 fully saturated rings. The number of aryl methyl sites for hydroxylation is 2. The normalized spacial score (nSPS) is 17.7. The van der Waals surface area contributed by atoms with Crippen molar-refractivity contribution in [2.45, 2.75) is 39.2 Å². The third-order valence-electron chi connectivity index (χ3n) is 5.09. The van der Waals surface area contributed by atoms with E-state index in [1.54, 1.807) is 7.11 Å². The second-order valence-electron chi connectivity index (χ2n) is 6.79. The van der Waals surface area contributed by atoms with Crippen LogP contribution in [-0.2, 0) is 0 Å². The lowest BCUT2D eigenvalue weighted by Crippen LogP contribution is -2.38. The van der Waals surface area contributed by atoms with Gasteiger partial charge in [0.2, 0.25) is 0 Å². The predicted molar refractivity (Wildman–Crippen MR) is 96.4 cm³/mol. The van der Waals surface area contributed by atoms with Gasteiger partial charge in [-0.1, -0.05) is 5.16 Å². The van der Waals surface area contributed by atoms with Crippen molar-refractivity contribution >= 4 is 16.9 Å². The molecule has 6 nitrogen and oxygen atoms in total. The second-order valence-corrected chi connectivity index (χ2v) is 6.79. The van der Waals surface area contributed by atoms with E-state index in [4.69, 9.17) is 13.7 Å². The largest absolute Gasteiger partial charge is 0.497 e. The number of likely N-dealkylation sites (tertiary alicyclic amines) is 1. The topological polar surface area (TPSA) is 68.7 Å². The van der Waals surface area contributed by atoms with E-state index in [1.807, 2.05) is 43.0 Å². The van der Waals surface area contributed by atoms with Gasteiger partial charge < -0.3 is 18.6 Å². The molecule has 0 radical (unpaired) electrons. The van der Waals surface area contributed by atoms with Crippen LogP contribution in [0, 0.1) is 13.8 Å². The van der Waals surface area contributed by atoms with E-state index in [0.717, 1.165) is 41.7 Å².